The van der Waals surface area contributed by atoms with Crippen molar-refractivity contribution in [2.75, 3.05) is 30.9 Å². The number of nitrogens with two attached hydrogens (primary N) is 2. The lowest BCUT2D eigenvalue weighted by molar-refractivity contribution is -0.157. The molecule has 246 valence electrons. The number of aromatic nitrogens is 4. The molecule has 0 aliphatic carbocycles. The van der Waals surface area contributed by atoms with E-state index in [4.69, 9.17) is 21.2 Å². The number of hydrazine groups is 1. The van der Waals surface area contributed by atoms with Crippen LogP contribution in [0.3, 0.4) is 0 Å². The molecule has 2 unspecified atom stereocenters. The number of thioether (sulfide) groups is 2. The average Bonchev–Trinajstić information content (AvgIpc) is 3.62. The van der Waals surface area contributed by atoms with E-state index in [1.807, 2.05) is 24.5 Å². The predicted octanol–water partition coefficient (Wildman–Crippen LogP) is -0.0248. The minimum absolute atomic E-state index is 0.0510. The van der Waals surface area contributed by atoms with Gasteiger partial charge in [0.2, 0.25) is 11.5 Å². The van der Waals surface area contributed by atoms with E-state index in [-0.39, 0.29) is 41.2 Å². The SMILES string of the molecule is COCc1cc(SCC2(C(=O)O)CS[C@@H]3C(NC(=O)C(=NOC(C)(C)C(=O)NN)c4csc(N)n4)C(=O)N3C2)n2nc(C)cc2n1. The first kappa shape index (κ1) is 33.4. The van der Waals surface area contributed by atoms with Gasteiger partial charge in [0, 0.05) is 36.6 Å². The minimum atomic E-state index is -1.54. The molecular weight excluding hydrogens is 661 g/mol. The van der Waals surface area contributed by atoms with Crippen molar-refractivity contribution in [3.63, 3.8) is 0 Å². The number of carboxylic acids is 1. The van der Waals surface area contributed by atoms with Gasteiger partial charge in [0.1, 0.15) is 27.6 Å². The van der Waals surface area contributed by atoms with Gasteiger partial charge in [0.25, 0.3) is 11.8 Å². The number of carboxylic acid groups (broad SMARTS) is 1. The number of nitrogens with one attached hydrogen (secondary N) is 2. The minimum Gasteiger partial charge on any atom is -0.481 e. The number of methoxy groups -OCH3 is 1. The van der Waals surface area contributed by atoms with Crippen LogP contribution in [0, 0.1) is 12.3 Å². The molecule has 2 aliphatic heterocycles. The van der Waals surface area contributed by atoms with Gasteiger partial charge in [0.15, 0.2) is 16.5 Å². The molecule has 3 amide bonds. The first-order valence-electron chi connectivity index (χ1n) is 13.7. The molecule has 0 spiro atoms. The molecule has 3 aromatic heterocycles. The summed E-state index contributed by atoms with van der Waals surface area (Å²) in [5.74, 6) is 2.57. The van der Waals surface area contributed by atoms with Gasteiger partial charge in [-0.1, -0.05) is 5.16 Å². The van der Waals surface area contributed by atoms with Gasteiger partial charge in [-0.05, 0) is 26.8 Å². The molecule has 2 fully saturated rings. The third kappa shape index (κ3) is 6.47. The highest BCUT2D eigenvalue weighted by atomic mass is 32.2. The van der Waals surface area contributed by atoms with Gasteiger partial charge >= 0.3 is 5.97 Å². The standard InChI is InChI=1S/C26H32N10O7S3/c1-12-5-15-29-13(7-42-4)6-16(36(15)33-12)45-10-26(23(40)41)9-35-20(38)18(21(35)46-11-26)31-19(37)17(14-8-44-24(27)30-14)34-43-25(2,3)22(39)32-28/h5-6,8,18,21H,7,9-11,28H2,1-4H3,(H2,27,30)(H,31,37)(H,32,39)(H,40,41)/t18?,21-,26?/m1/s1. The first-order chi connectivity index (χ1) is 21.8. The number of anilines is 1. The summed E-state index contributed by atoms with van der Waals surface area (Å²) in [6, 6.07) is 2.68. The molecule has 3 aromatic rings. The normalized spacial score (nSPS) is 21.5. The van der Waals surface area contributed by atoms with Crippen molar-refractivity contribution in [1.82, 2.24) is 35.2 Å². The number of aryl methyl sites for hydroxylation is 1. The van der Waals surface area contributed by atoms with Crippen LogP contribution in [0.5, 0.6) is 0 Å². The highest BCUT2D eigenvalue weighted by Gasteiger charge is 2.57. The molecule has 5 rings (SSSR count). The fraction of sp³-hybridized carbons (Fsp3) is 0.462. The van der Waals surface area contributed by atoms with Crippen LogP contribution in [0.2, 0.25) is 0 Å². The number of oxime groups is 1. The number of aliphatic carboxylic acids is 1. The maximum absolute atomic E-state index is 13.4. The number of fused-ring (bicyclic) bond motifs is 2. The van der Waals surface area contributed by atoms with E-state index in [9.17, 15) is 24.3 Å². The van der Waals surface area contributed by atoms with Gasteiger partial charge in [0.05, 0.1) is 18.0 Å². The molecule has 2 saturated heterocycles. The number of hydrogen-bond donors (Lipinski definition) is 5. The molecule has 20 heteroatoms. The Hall–Kier alpha value is -3.98. The number of nitrogen functional groups attached to an aromatic ring is 1. The highest BCUT2D eigenvalue weighted by Crippen LogP contribution is 2.44. The largest absolute Gasteiger partial charge is 0.481 e. The number of amides is 3. The maximum Gasteiger partial charge on any atom is 0.313 e. The molecule has 7 N–H and O–H groups in total. The summed E-state index contributed by atoms with van der Waals surface area (Å²) in [7, 11) is 1.56. The summed E-state index contributed by atoms with van der Waals surface area (Å²) in [6.45, 7) is 4.86. The van der Waals surface area contributed by atoms with Crippen LogP contribution in [0.25, 0.3) is 5.65 Å². The number of carbonyl (C=O) groups excluding carboxylic acids is 3. The van der Waals surface area contributed by atoms with Crippen LogP contribution in [-0.2, 0) is 35.4 Å². The van der Waals surface area contributed by atoms with Crippen LogP contribution in [0.15, 0.2) is 27.7 Å². The van der Waals surface area contributed by atoms with E-state index in [1.54, 1.807) is 11.6 Å². The van der Waals surface area contributed by atoms with E-state index in [0.29, 0.717) is 16.4 Å². The Kier molecular flexibility index (Phi) is 9.45. The number of β-lactam (4-membered cyclic amide) rings is 1. The number of thiazole rings is 1. The Balaban J connectivity index is 1.30. The zero-order chi connectivity index (χ0) is 33.4. The summed E-state index contributed by atoms with van der Waals surface area (Å²) < 4.78 is 6.90. The van der Waals surface area contributed by atoms with E-state index in [1.165, 1.54) is 47.7 Å². The van der Waals surface area contributed by atoms with E-state index in [2.05, 4.69) is 25.5 Å². The van der Waals surface area contributed by atoms with Crippen molar-refractivity contribution in [3.8, 4) is 0 Å². The lowest BCUT2D eigenvalue weighted by atomic mass is 9.89. The monoisotopic (exact) mass is 692 g/mol. The predicted molar refractivity (Wildman–Crippen MR) is 170 cm³/mol. The fourth-order valence-electron chi connectivity index (χ4n) is 4.74. The Morgan fingerprint density at radius 1 is 1.30 bits per heavy atom. The van der Waals surface area contributed by atoms with Gasteiger partial charge in [-0.25, -0.2) is 20.3 Å². The molecule has 0 bridgehead atoms. The quantitative estimate of drug-likeness (QED) is 0.0319. The van der Waals surface area contributed by atoms with Crippen LogP contribution in [0.4, 0.5) is 5.13 Å². The van der Waals surface area contributed by atoms with Gasteiger partial charge in [-0.2, -0.15) is 5.10 Å². The van der Waals surface area contributed by atoms with E-state index < -0.39 is 46.1 Å². The molecule has 0 aromatic carbocycles. The summed E-state index contributed by atoms with van der Waals surface area (Å²) >= 11 is 3.64. The van der Waals surface area contributed by atoms with Gasteiger partial charge < -0.3 is 30.6 Å². The van der Waals surface area contributed by atoms with Crippen LogP contribution in [-0.4, -0.2) is 101 Å². The van der Waals surface area contributed by atoms with Gasteiger partial charge in [-0.3, -0.25) is 24.6 Å². The number of ether oxygens (including phenoxy) is 1. The number of hydrogen-bond acceptors (Lipinski definition) is 15. The number of carbonyl (C=O) groups is 4. The van der Waals surface area contributed by atoms with Crippen LogP contribution in [0.1, 0.15) is 30.9 Å². The number of rotatable bonds is 12. The van der Waals surface area contributed by atoms with Crippen LogP contribution < -0.4 is 22.3 Å². The second-order valence-electron chi connectivity index (χ2n) is 11.2. The molecule has 0 radical (unpaired) electrons. The first-order valence-corrected chi connectivity index (χ1v) is 16.6. The Morgan fingerprint density at radius 3 is 2.72 bits per heavy atom. The molecule has 3 atom stereocenters. The number of nitrogens with zero attached hydrogens (tertiary/aromatic N) is 6. The third-order valence-corrected chi connectivity index (χ3v) is 10.8. The molecule has 17 nitrogen and oxygen atoms in total. The Labute approximate surface area is 274 Å². The van der Waals surface area contributed by atoms with Crippen molar-refractivity contribution >= 4 is 75.0 Å². The molecule has 2 aliphatic rings. The van der Waals surface area contributed by atoms with Gasteiger partial charge in [-0.15, -0.1) is 34.9 Å². The average molecular weight is 693 g/mol. The smallest absolute Gasteiger partial charge is 0.313 e. The highest BCUT2D eigenvalue weighted by molar-refractivity contribution is 8.00. The summed E-state index contributed by atoms with van der Waals surface area (Å²) in [5.41, 5.74) is 6.73. The van der Waals surface area contributed by atoms with Crippen molar-refractivity contribution in [1.29, 1.82) is 0 Å². The van der Waals surface area contributed by atoms with E-state index >= 15 is 0 Å². The Bertz CT molecular complexity index is 1730. The molecule has 5 heterocycles. The Morgan fingerprint density at radius 2 is 2.07 bits per heavy atom. The van der Waals surface area contributed by atoms with Crippen LogP contribution >= 0.6 is 34.9 Å². The van der Waals surface area contributed by atoms with Crippen molar-refractivity contribution in [2.24, 2.45) is 16.4 Å². The third-order valence-electron chi connectivity index (χ3n) is 7.27. The summed E-state index contributed by atoms with van der Waals surface area (Å²) in [4.78, 5) is 66.8. The zero-order valence-corrected chi connectivity index (χ0v) is 27.6. The second kappa shape index (κ2) is 13.0. The maximum atomic E-state index is 13.4. The summed E-state index contributed by atoms with van der Waals surface area (Å²) in [5, 5.41) is 23.2. The summed E-state index contributed by atoms with van der Waals surface area (Å²) in [6.07, 6.45) is 0. The molecule has 46 heavy (non-hydrogen) atoms. The zero-order valence-electron chi connectivity index (χ0n) is 25.2. The lowest BCUT2D eigenvalue weighted by Crippen LogP contribution is -2.74. The molecule has 0 saturated carbocycles. The topological polar surface area (TPSA) is 242 Å². The molecular formula is C26H32N10O7S3. The second-order valence-corrected chi connectivity index (χ2v) is 14.1. The van der Waals surface area contributed by atoms with Crippen molar-refractivity contribution in [2.45, 2.75) is 49.4 Å². The van der Waals surface area contributed by atoms with Crippen molar-refractivity contribution in [3.05, 3.63) is 34.6 Å². The van der Waals surface area contributed by atoms with Crippen molar-refractivity contribution < 1.29 is 33.9 Å². The fourth-order valence-corrected chi connectivity index (χ4v) is 8.17. The lowest BCUT2D eigenvalue weighted by Gasteiger charge is -2.53. The van der Waals surface area contributed by atoms with E-state index in [0.717, 1.165) is 17.0 Å².